The number of anilines is 1. The standard InChI is InChI=1S/C31H37F2N3O4/c1-4-21-6-5-7-22(13-21)18-35-19-29(26(34)16-23-14-24(32)17-25(33)15-23)40-31(38)11-10-30(37)36-27-12-20(2)8-9-28(27)39-3/h5-9,12-15,17,26,29,35H,4,10-11,16,18-19,34H2,1-3H3,(H,36,37)/t26-,29+/m0/s1. The van der Waals surface area contributed by atoms with Crippen LogP contribution in [0.4, 0.5) is 14.5 Å². The van der Waals surface area contributed by atoms with Crippen molar-refractivity contribution >= 4 is 17.6 Å². The van der Waals surface area contributed by atoms with E-state index in [0.717, 1.165) is 23.6 Å². The molecule has 40 heavy (non-hydrogen) atoms. The molecule has 0 unspecified atom stereocenters. The van der Waals surface area contributed by atoms with E-state index in [2.05, 4.69) is 23.6 Å². The Kier molecular flexibility index (Phi) is 11.6. The van der Waals surface area contributed by atoms with Crippen molar-refractivity contribution in [3.63, 3.8) is 0 Å². The van der Waals surface area contributed by atoms with Gasteiger partial charge in [0.2, 0.25) is 5.91 Å². The zero-order chi connectivity index (χ0) is 29.1. The molecular formula is C31H37F2N3O4. The highest BCUT2D eigenvalue weighted by atomic mass is 19.1. The van der Waals surface area contributed by atoms with Gasteiger partial charge in [-0.25, -0.2) is 8.78 Å². The van der Waals surface area contributed by atoms with E-state index < -0.39 is 29.7 Å². The number of ether oxygens (including phenoxy) is 2. The van der Waals surface area contributed by atoms with E-state index in [4.69, 9.17) is 15.2 Å². The van der Waals surface area contributed by atoms with Gasteiger partial charge in [-0.15, -0.1) is 0 Å². The Balaban J connectivity index is 1.61. The summed E-state index contributed by atoms with van der Waals surface area (Å²) in [7, 11) is 1.51. The maximum Gasteiger partial charge on any atom is 0.306 e. The number of benzene rings is 3. The smallest absolute Gasteiger partial charge is 0.306 e. The van der Waals surface area contributed by atoms with Crippen molar-refractivity contribution in [2.75, 3.05) is 19.0 Å². The second kappa shape index (κ2) is 15.1. The van der Waals surface area contributed by atoms with Crippen LogP contribution in [0.2, 0.25) is 0 Å². The van der Waals surface area contributed by atoms with Crippen LogP contribution < -0.4 is 21.1 Å². The molecule has 0 aliphatic rings. The molecule has 4 N–H and O–H groups in total. The Bertz CT molecular complexity index is 1280. The molecule has 3 aromatic rings. The van der Waals surface area contributed by atoms with Gasteiger partial charge in [0, 0.05) is 31.6 Å². The predicted molar refractivity (Wildman–Crippen MR) is 151 cm³/mol. The van der Waals surface area contributed by atoms with Gasteiger partial charge in [-0.2, -0.15) is 0 Å². The highest BCUT2D eigenvalue weighted by molar-refractivity contribution is 5.94. The Morgan fingerprint density at radius 2 is 1.68 bits per heavy atom. The number of esters is 1. The lowest BCUT2D eigenvalue weighted by molar-refractivity contribution is -0.150. The first-order valence-corrected chi connectivity index (χ1v) is 13.3. The molecule has 0 aliphatic carbocycles. The van der Waals surface area contributed by atoms with Crippen LogP contribution in [0.15, 0.2) is 60.7 Å². The zero-order valence-corrected chi connectivity index (χ0v) is 23.1. The van der Waals surface area contributed by atoms with Crippen LogP contribution in [-0.4, -0.2) is 37.7 Å². The Labute approximate surface area is 234 Å². The number of nitrogens with two attached hydrogens (primary N) is 1. The first kappa shape index (κ1) is 30.7. The normalized spacial score (nSPS) is 12.4. The Morgan fingerprint density at radius 3 is 2.38 bits per heavy atom. The van der Waals surface area contributed by atoms with Gasteiger partial charge < -0.3 is 25.8 Å². The average molecular weight is 554 g/mol. The Morgan fingerprint density at radius 1 is 0.950 bits per heavy atom. The average Bonchev–Trinajstić information content (AvgIpc) is 2.91. The van der Waals surface area contributed by atoms with E-state index in [1.54, 1.807) is 12.1 Å². The summed E-state index contributed by atoms with van der Waals surface area (Å²) >= 11 is 0. The highest BCUT2D eigenvalue weighted by Gasteiger charge is 2.23. The van der Waals surface area contributed by atoms with Crippen molar-refractivity contribution in [2.45, 2.75) is 58.2 Å². The van der Waals surface area contributed by atoms with Crippen molar-refractivity contribution in [3.05, 3.63) is 94.6 Å². The molecule has 0 saturated carbocycles. The van der Waals surface area contributed by atoms with Crippen LogP contribution in [-0.2, 0) is 33.7 Å². The summed E-state index contributed by atoms with van der Waals surface area (Å²) in [6.45, 7) is 4.70. The molecule has 0 spiro atoms. The van der Waals surface area contributed by atoms with E-state index in [-0.39, 0.29) is 31.7 Å². The minimum absolute atomic E-state index is 0.0905. The predicted octanol–water partition coefficient (Wildman–Crippen LogP) is 4.83. The van der Waals surface area contributed by atoms with Crippen LogP contribution >= 0.6 is 0 Å². The van der Waals surface area contributed by atoms with Crippen molar-refractivity contribution in [1.82, 2.24) is 5.32 Å². The summed E-state index contributed by atoms with van der Waals surface area (Å²) in [4.78, 5) is 25.3. The van der Waals surface area contributed by atoms with Gasteiger partial charge >= 0.3 is 5.97 Å². The van der Waals surface area contributed by atoms with Gasteiger partial charge in [0.25, 0.3) is 0 Å². The number of methoxy groups -OCH3 is 1. The molecule has 2 atom stereocenters. The van der Waals surface area contributed by atoms with Crippen molar-refractivity contribution in [3.8, 4) is 5.75 Å². The first-order chi connectivity index (χ1) is 19.2. The lowest BCUT2D eigenvalue weighted by atomic mass is 10.0. The molecule has 0 saturated heterocycles. The van der Waals surface area contributed by atoms with E-state index >= 15 is 0 Å². The number of halogens is 2. The first-order valence-electron chi connectivity index (χ1n) is 13.3. The number of carbonyl (C=O) groups excluding carboxylic acids is 2. The maximum absolute atomic E-state index is 13.7. The zero-order valence-electron chi connectivity index (χ0n) is 23.1. The van der Waals surface area contributed by atoms with Crippen molar-refractivity contribution < 1.29 is 27.8 Å². The number of rotatable bonds is 14. The minimum atomic E-state index is -0.798. The van der Waals surface area contributed by atoms with Gasteiger partial charge in [0.1, 0.15) is 23.5 Å². The fourth-order valence-electron chi connectivity index (χ4n) is 4.31. The lowest BCUT2D eigenvalue weighted by Gasteiger charge is -2.25. The monoisotopic (exact) mass is 553 g/mol. The second-order valence-corrected chi connectivity index (χ2v) is 9.73. The van der Waals surface area contributed by atoms with Crippen LogP contribution in [0.5, 0.6) is 5.75 Å². The molecule has 0 fully saturated rings. The number of hydrogen-bond donors (Lipinski definition) is 3. The largest absolute Gasteiger partial charge is 0.495 e. The molecule has 0 heterocycles. The summed E-state index contributed by atoms with van der Waals surface area (Å²) in [6.07, 6.45) is -0.0746. The highest BCUT2D eigenvalue weighted by Crippen LogP contribution is 2.25. The second-order valence-electron chi connectivity index (χ2n) is 9.73. The summed E-state index contributed by atoms with van der Waals surface area (Å²) in [6, 6.07) is 16.0. The SMILES string of the molecule is CCc1cccc(CNC[C@@H](OC(=O)CCC(=O)Nc2cc(C)ccc2OC)[C@@H](N)Cc2cc(F)cc(F)c2)c1. The van der Waals surface area contributed by atoms with E-state index in [1.165, 1.54) is 24.8 Å². The van der Waals surface area contributed by atoms with Gasteiger partial charge in [-0.1, -0.05) is 37.3 Å². The Hall–Kier alpha value is -3.82. The van der Waals surface area contributed by atoms with Gasteiger partial charge in [-0.3, -0.25) is 9.59 Å². The quantitative estimate of drug-likeness (QED) is 0.247. The summed E-state index contributed by atoms with van der Waals surface area (Å²) in [5.41, 5.74) is 10.5. The fourth-order valence-corrected chi connectivity index (χ4v) is 4.31. The van der Waals surface area contributed by atoms with Crippen molar-refractivity contribution in [2.24, 2.45) is 5.73 Å². The molecule has 0 aromatic heterocycles. The number of hydrogen-bond acceptors (Lipinski definition) is 6. The lowest BCUT2D eigenvalue weighted by Crippen LogP contribution is -2.46. The van der Waals surface area contributed by atoms with Gasteiger partial charge in [0.05, 0.1) is 19.2 Å². The summed E-state index contributed by atoms with van der Waals surface area (Å²) in [5.74, 6) is -1.88. The van der Waals surface area contributed by atoms with Crippen LogP contribution in [0.3, 0.4) is 0 Å². The van der Waals surface area contributed by atoms with Crippen molar-refractivity contribution in [1.29, 1.82) is 0 Å². The number of amides is 1. The summed E-state index contributed by atoms with van der Waals surface area (Å²) < 4.78 is 38.4. The van der Waals surface area contributed by atoms with E-state index in [1.807, 2.05) is 31.2 Å². The van der Waals surface area contributed by atoms with Crippen LogP contribution in [0.1, 0.15) is 42.0 Å². The molecule has 3 rings (SSSR count). The summed E-state index contributed by atoms with van der Waals surface area (Å²) in [5, 5.41) is 6.02. The molecule has 3 aromatic carbocycles. The fraction of sp³-hybridized carbons (Fsp3) is 0.355. The van der Waals surface area contributed by atoms with Crippen LogP contribution in [0, 0.1) is 18.6 Å². The maximum atomic E-state index is 13.7. The molecule has 0 bridgehead atoms. The molecule has 1 amide bonds. The van der Waals surface area contributed by atoms with Gasteiger partial charge in [-0.05, 0) is 66.3 Å². The number of aryl methyl sites for hydroxylation is 2. The number of nitrogens with one attached hydrogen (secondary N) is 2. The third kappa shape index (κ3) is 9.73. The molecule has 214 valence electrons. The molecule has 7 nitrogen and oxygen atoms in total. The topological polar surface area (TPSA) is 103 Å². The molecule has 0 radical (unpaired) electrons. The number of carbonyl (C=O) groups is 2. The molecule has 9 heteroatoms. The van der Waals surface area contributed by atoms with Crippen LogP contribution in [0.25, 0.3) is 0 Å². The van der Waals surface area contributed by atoms with E-state index in [9.17, 15) is 18.4 Å². The third-order valence-electron chi connectivity index (χ3n) is 6.41. The van der Waals surface area contributed by atoms with Gasteiger partial charge in [0.15, 0.2) is 0 Å². The minimum Gasteiger partial charge on any atom is -0.495 e. The molecule has 0 aliphatic heterocycles. The third-order valence-corrected chi connectivity index (χ3v) is 6.41. The molecular weight excluding hydrogens is 516 g/mol. The van der Waals surface area contributed by atoms with E-state index in [0.29, 0.717) is 23.5 Å².